The number of ether oxygens (including phenoxy) is 1. The van der Waals surface area contributed by atoms with E-state index >= 15 is 0 Å². The Morgan fingerprint density at radius 2 is 1.91 bits per heavy atom. The van der Waals surface area contributed by atoms with Crippen molar-refractivity contribution in [2.75, 3.05) is 6.61 Å². The van der Waals surface area contributed by atoms with Gasteiger partial charge < -0.3 is 9.84 Å². The fourth-order valence-corrected chi connectivity index (χ4v) is 2.64. The highest BCUT2D eigenvalue weighted by atomic mass is 16.5. The number of esters is 1. The van der Waals surface area contributed by atoms with Crippen molar-refractivity contribution in [1.82, 2.24) is 0 Å². The Morgan fingerprint density at radius 1 is 1.26 bits per heavy atom. The van der Waals surface area contributed by atoms with Crippen LogP contribution >= 0.6 is 0 Å². The molecule has 23 heavy (non-hydrogen) atoms. The van der Waals surface area contributed by atoms with Crippen LogP contribution in [0, 0.1) is 5.92 Å². The first-order valence-corrected chi connectivity index (χ1v) is 8.44. The third-order valence-corrected chi connectivity index (χ3v) is 4.31. The average molecular weight is 318 g/mol. The number of carbonyl (C=O) groups is 1. The Balaban J connectivity index is 2.29. The largest absolute Gasteiger partial charge is 0.508 e. The van der Waals surface area contributed by atoms with Crippen LogP contribution in [0.2, 0.25) is 0 Å². The van der Waals surface area contributed by atoms with Crippen molar-refractivity contribution in [3.05, 3.63) is 42.0 Å². The summed E-state index contributed by atoms with van der Waals surface area (Å²) in [6, 6.07) is 7.50. The zero-order valence-electron chi connectivity index (χ0n) is 14.8. The summed E-state index contributed by atoms with van der Waals surface area (Å²) < 4.78 is 5.13. The van der Waals surface area contributed by atoms with Gasteiger partial charge in [-0.25, -0.2) is 4.79 Å². The highest BCUT2D eigenvalue weighted by Crippen LogP contribution is 2.31. The Kier molecular flexibility index (Phi) is 7.87. The number of phenols is 1. The van der Waals surface area contributed by atoms with Gasteiger partial charge in [-0.2, -0.15) is 0 Å². The summed E-state index contributed by atoms with van der Waals surface area (Å²) in [4.78, 5) is 11.2. The molecule has 1 unspecified atom stereocenters. The van der Waals surface area contributed by atoms with Crippen molar-refractivity contribution in [3.8, 4) is 5.75 Å². The van der Waals surface area contributed by atoms with Gasteiger partial charge in [-0.05, 0) is 48.8 Å². The van der Waals surface area contributed by atoms with Gasteiger partial charge >= 0.3 is 5.97 Å². The van der Waals surface area contributed by atoms with Crippen LogP contribution < -0.4 is 0 Å². The molecule has 0 aromatic heterocycles. The first-order valence-electron chi connectivity index (χ1n) is 8.44. The number of hydrogen-bond donors (Lipinski definition) is 1. The summed E-state index contributed by atoms with van der Waals surface area (Å²) in [5, 5.41) is 9.39. The first-order chi connectivity index (χ1) is 10.8. The molecule has 0 fully saturated rings. The predicted molar refractivity (Wildman–Crippen MR) is 94.5 cm³/mol. The second-order valence-electron chi connectivity index (χ2n) is 6.88. The van der Waals surface area contributed by atoms with Crippen molar-refractivity contribution in [2.24, 2.45) is 5.92 Å². The van der Waals surface area contributed by atoms with E-state index in [4.69, 9.17) is 4.74 Å². The Hall–Kier alpha value is -1.77. The average Bonchev–Trinajstić information content (AvgIpc) is 2.47. The molecule has 3 nitrogen and oxygen atoms in total. The molecule has 0 saturated carbocycles. The molecule has 0 aliphatic carbocycles. The zero-order valence-corrected chi connectivity index (χ0v) is 14.8. The molecule has 0 aliphatic heterocycles. The van der Waals surface area contributed by atoms with Crippen LogP contribution in [0.4, 0.5) is 0 Å². The van der Waals surface area contributed by atoms with Gasteiger partial charge in [0.15, 0.2) is 0 Å². The van der Waals surface area contributed by atoms with Crippen molar-refractivity contribution in [2.45, 2.75) is 58.8 Å². The molecule has 3 heteroatoms. The zero-order chi connectivity index (χ0) is 17.3. The molecule has 0 saturated heterocycles. The lowest BCUT2D eigenvalue weighted by molar-refractivity contribution is -0.138. The van der Waals surface area contributed by atoms with Gasteiger partial charge in [0.25, 0.3) is 0 Å². The van der Waals surface area contributed by atoms with Gasteiger partial charge in [0.2, 0.25) is 0 Å². The van der Waals surface area contributed by atoms with Crippen LogP contribution in [-0.4, -0.2) is 17.7 Å². The Bertz CT molecular complexity index is 500. The molecule has 1 rings (SSSR count). The minimum Gasteiger partial charge on any atom is -0.508 e. The molecule has 1 aromatic carbocycles. The number of benzene rings is 1. The van der Waals surface area contributed by atoms with Gasteiger partial charge in [0.1, 0.15) is 5.75 Å². The number of aromatic hydroxyl groups is 1. The summed E-state index contributed by atoms with van der Waals surface area (Å²) in [6.45, 7) is 8.98. The lowest BCUT2D eigenvalue weighted by Gasteiger charge is -2.26. The fraction of sp³-hybridized carbons (Fsp3) is 0.550. The number of phenolic OH excluding ortho intramolecular Hbond substituents is 1. The van der Waals surface area contributed by atoms with Crippen LogP contribution in [-0.2, 0) is 14.9 Å². The summed E-state index contributed by atoms with van der Waals surface area (Å²) in [5.41, 5.74) is 1.36. The quantitative estimate of drug-likeness (QED) is 0.515. The molecule has 0 aliphatic rings. The minimum atomic E-state index is -0.256. The first kappa shape index (κ1) is 19.3. The van der Waals surface area contributed by atoms with Crippen LogP contribution in [0.1, 0.15) is 58.9 Å². The maximum Gasteiger partial charge on any atom is 0.330 e. The summed E-state index contributed by atoms with van der Waals surface area (Å²) in [6.07, 6.45) is 7.41. The molecule has 0 radical (unpaired) electrons. The maximum atomic E-state index is 11.2. The lowest BCUT2D eigenvalue weighted by atomic mass is 9.79. The van der Waals surface area contributed by atoms with E-state index in [2.05, 4.69) is 20.8 Å². The monoisotopic (exact) mass is 318 g/mol. The van der Waals surface area contributed by atoms with E-state index in [-0.39, 0.29) is 11.4 Å². The van der Waals surface area contributed by atoms with Gasteiger partial charge in [-0.3, -0.25) is 0 Å². The highest BCUT2D eigenvalue weighted by molar-refractivity contribution is 5.81. The number of rotatable bonds is 9. The summed E-state index contributed by atoms with van der Waals surface area (Å²) in [7, 11) is 0. The lowest BCUT2D eigenvalue weighted by Crippen LogP contribution is -2.17. The second kappa shape index (κ2) is 9.39. The molecule has 1 atom stereocenters. The normalized spacial score (nSPS) is 13.2. The van der Waals surface area contributed by atoms with Crippen LogP contribution in [0.3, 0.4) is 0 Å². The van der Waals surface area contributed by atoms with E-state index in [0.29, 0.717) is 18.3 Å². The molecule has 0 amide bonds. The third kappa shape index (κ3) is 7.36. The number of hydrogen-bond acceptors (Lipinski definition) is 3. The van der Waals surface area contributed by atoms with Gasteiger partial charge in [-0.15, -0.1) is 0 Å². The second-order valence-corrected chi connectivity index (χ2v) is 6.88. The summed E-state index contributed by atoms with van der Waals surface area (Å²) in [5.74, 6) is 0.600. The van der Waals surface area contributed by atoms with Crippen LogP contribution in [0.5, 0.6) is 5.75 Å². The molecule has 0 bridgehead atoms. The molecular weight excluding hydrogens is 288 g/mol. The number of allylic oxidation sites excluding steroid dienone is 1. The van der Waals surface area contributed by atoms with E-state index in [1.54, 1.807) is 25.1 Å². The van der Waals surface area contributed by atoms with E-state index in [9.17, 15) is 9.90 Å². The highest BCUT2D eigenvalue weighted by Gasteiger charge is 2.20. The molecular formula is C20H30O3. The van der Waals surface area contributed by atoms with Gasteiger partial charge in [0.05, 0.1) is 6.61 Å². The fourth-order valence-electron chi connectivity index (χ4n) is 2.64. The molecule has 128 valence electrons. The van der Waals surface area contributed by atoms with Crippen molar-refractivity contribution >= 4 is 5.97 Å². The molecule has 0 heterocycles. The van der Waals surface area contributed by atoms with Gasteiger partial charge in [-0.1, -0.05) is 51.8 Å². The summed E-state index contributed by atoms with van der Waals surface area (Å²) >= 11 is 0. The smallest absolute Gasteiger partial charge is 0.330 e. The molecule has 1 N–H and O–H groups in total. The molecule has 1 aromatic rings. The predicted octanol–water partition coefficient (Wildman–Crippen LogP) is 4.99. The Morgan fingerprint density at radius 3 is 2.52 bits per heavy atom. The SMILES string of the molecule is C/C=C/C(=O)OCCC(C)CCCC(C)(C)c1ccc(O)cc1. The van der Waals surface area contributed by atoms with Gasteiger partial charge in [0, 0.05) is 6.08 Å². The van der Waals surface area contributed by atoms with E-state index < -0.39 is 0 Å². The number of carbonyl (C=O) groups excluding carboxylic acids is 1. The van der Waals surface area contributed by atoms with E-state index in [1.807, 2.05) is 12.1 Å². The molecule has 0 spiro atoms. The van der Waals surface area contributed by atoms with Crippen molar-refractivity contribution in [3.63, 3.8) is 0 Å². The van der Waals surface area contributed by atoms with E-state index in [1.165, 1.54) is 11.6 Å². The van der Waals surface area contributed by atoms with Crippen molar-refractivity contribution < 1.29 is 14.6 Å². The topological polar surface area (TPSA) is 46.5 Å². The van der Waals surface area contributed by atoms with E-state index in [0.717, 1.165) is 25.7 Å². The minimum absolute atomic E-state index is 0.103. The van der Waals surface area contributed by atoms with Crippen LogP contribution in [0.15, 0.2) is 36.4 Å². The van der Waals surface area contributed by atoms with Crippen molar-refractivity contribution in [1.29, 1.82) is 0 Å². The van der Waals surface area contributed by atoms with Crippen LogP contribution in [0.25, 0.3) is 0 Å². The maximum absolute atomic E-state index is 11.2. The Labute approximate surface area is 140 Å². The third-order valence-electron chi connectivity index (χ3n) is 4.31. The standard InChI is InChI=1S/C20H30O3/c1-5-7-19(22)23-15-13-16(2)8-6-14-20(3,4)17-9-11-18(21)12-10-17/h5,7,9-12,16,21H,6,8,13-15H2,1-4H3/b7-5+.